The summed E-state index contributed by atoms with van der Waals surface area (Å²) in [5.74, 6) is -0.0484. The lowest BCUT2D eigenvalue weighted by Crippen LogP contribution is -2.32. The summed E-state index contributed by atoms with van der Waals surface area (Å²) in [4.78, 5) is 11.6. The summed E-state index contributed by atoms with van der Waals surface area (Å²) < 4.78 is 4.85. The van der Waals surface area contributed by atoms with Crippen molar-refractivity contribution in [2.24, 2.45) is 0 Å². The Balaban J connectivity index is 2.26. The maximum Gasteiger partial charge on any atom is 0.254 e. The third-order valence-electron chi connectivity index (χ3n) is 2.40. The predicted molar refractivity (Wildman–Crippen MR) is 59.8 cm³/mol. The number of carbonyl (C=O) groups excluding carboxylic acids is 1. The van der Waals surface area contributed by atoms with E-state index in [1.165, 1.54) is 31.8 Å². The first-order chi connectivity index (χ1) is 7.24. The zero-order valence-corrected chi connectivity index (χ0v) is 9.45. The fourth-order valence-electron chi connectivity index (χ4n) is 1.47. The molecule has 15 heavy (non-hydrogen) atoms. The molecule has 0 saturated heterocycles. The van der Waals surface area contributed by atoms with Gasteiger partial charge in [0.15, 0.2) is 0 Å². The molecule has 0 saturated carbocycles. The van der Waals surface area contributed by atoms with E-state index in [9.17, 15) is 4.79 Å². The van der Waals surface area contributed by atoms with Crippen LogP contribution in [0, 0.1) is 0 Å². The molecule has 1 N–H and O–H groups in total. The van der Waals surface area contributed by atoms with Crippen molar-refractivity contribution in [1.82, 2.24) is 5.32 Å². The smallest absolute Gasteiger partial charge is 0.254 e. The Morgan fingerprint density at radius 1 is 1.53 bits per heavy atom. The van der Waals surface area contributed by atoms with Gasteiger partial charge in [0.25, 0.3) is 5.91 Å². The molecule has 1 heterocycles. The minimum absolute atomic E-state index is 0.0484. The van der Waals surface area contributed by atoms with Crippen molar-refractivity contribution >= 4 is 5.91 Å². The largest absolute Gasteiger partial charge is 0.472 e. The Morgan fingerprint density at radius 3 is 2.93 bits per heavy atom. The monoisotopic (exact) mass is 209 g/mol. The summed E-state index contributed by atoms with van der Waals surface area (Å²) in [6.45, 7) is 4.21. The van der Waals surface area contributed by atoms with Gasteiger partial charge in [-0.1, -0.05) is 26.2 Å². The molecule has 0 bridgehead atoms. The number of hydrogen-bond acceptors (Lipinski definition) is 2. The van der Waals surface area contributed by atoms with E-state index in [0.717, 1.165) is 6.42 Å². The van der Waals surface area contributed by atoms with Crippen molar-refractivity contribution in [3.63, 3.8) is 0 Å². The second kappa shape index (κ2) is 6.27. The van der Waals surface area contributed by atoms with Gasteiger partial charge in [-0.05, 0) is 19.4 Å². The number of nitrogens with one attached hydrogen (secondary N) is 1. The zero-order valence-electron chi connectivity index (χ0n) is 9.45. The van der Waals surface area contributed by atoms with Crippen molar-refractivity contribution in [2.75, 3.05) is 0 Å². The second-order valence-corrected chi connectivity index (χ2v) is 3.88. The molecule has 0 aliphatic carbocycles. The van der Waals surface area contributed by atoms with Gasteiger partial charge in [0.2, 0.25) is 0 Å². The highest BCUT2D eigenvalue weighted by Gasteiger charge is 2.09. The Bertz CT molecular complexity index is 280. The number of furan rings is 1. The van der Waals surface area contributed by atoms with E-state index in [0.29, 0.717) is 5.56 Å². The van der Waals surface area contributed by atoms with E-state index < -0.39 is 0 Å². The average molecular weight is 209 g/mol. The summed E-state index contributed by atoms with van der Waals surface area (Å²) in [6, 6.07) is 1.91. The summed E-state index contributed by atoms with van der Waals surface area (Å²) in [5, 5.41) is 2.94. The van der Waals surface area contributed by atoms with Gasteiger partial charge in [-0.25, -0.2) is 0 Å². The number of unbranched alkanes of at least 4 members (excludes halogenated alkanes) is 2. The van der Waals surface area contributed by atoms with Gasteiger partial charge in [-0.2, -0.15) is 0 Å². The van der Waals surface area contributed by atoms with Crippen molar-refractivity contribution in [3.05, 3.63) is 24.2 Å². The second-order valence-electron chi connectivity index (χ2n) is 3.88. The molecule has 1 rings (SSSR count). The van der Waals surface area contributed by atoms with Crippen molar-refractivity contribution < 1.29 is 9.21 Å². The van der Waals surface area contributed by atoms with Crippen LogP contribution in [0.15, 0.2) is 23.0 Å². The molecule has 3 nitrogen and oxygen atoms in total. The molecule has 0 spiro atoms. The van der Waals surface area contributed by atoms with Crippen molar-refractivity contribution in [2.45, 2.75) is 45.6 Å². The summed E-state index contributed by atoms with van der Waals surface area (Å²) in [6.07, 6.45) is 7.62. The van der Waals surface area contributed by atoms with Crippen LogP contribution in [0.3, 0.4) is 0 Å². The van der Waals surface area contributed by atoms with Crippen LogP contribution in [0.2, 0.25) is 0 Å². The molecule has 0 radical (unpaired) electrons. The molecule has 1 amide bonds. The number of carbonyl (C=O) groups is 1. The van der Waals surface area contributed by atoms with Crippen LogP contribution in [0.5, 0.6) is 0 Å². The highest BCUT2D eigenvalue weighted by Crippen LogP contribution is 2.05. The highest BCUT2D eigenvalue weighted by atomic mass is 16.3. The molecular weight excluding hydrogens is 190 g/mol. The van der Waals surface area contributed by atoms with Gasteiger partial charge >= 0.3 is 0 Å². The highest BCUT2D eigenvalue weighted by molar-refractivity contribution is 5.93. The first-order valence-electron chi connectivity index (χ1n) is 5.57. The van der Waals surface area contributed by atoms with E-state index in [1.807, 2.05) is 6.92 Å². The number of rotatable bonds is 6. The van der Waals surface area contributed by atoms with E-state index in [2.05, 4.69) is 12.2 Å². The molecule has 1 unspecified atom stereocenters. The van der Waals surface area contributed by atoms with Crippen LogP contribution in [0.1, 0.15) is 49.9 Å². The van der Waals surface area contributed by atoms with Crippen LogP contribution in [-0.4, -0.2) is 11.9 Å². The lowest BCUT2D eigenvalue weighted by molar-refractivity contribution is 0.0937. The Hall–Kier alpha value is -1.25. The maximum absolute atomic E-state index is 11.6. The first-order valence-corrected chi connectivity index (χ1v) is 5.57. The average Bonchev–Trinajstić information content (AvgIpc) is 2.70. The number of hydrogen-bond donors (Lipinski definition) is 1. The van der Waals surface area contributed by atoms with E-state index in [1.54, 1.807) is 6.07 Å². The number of amides is 1. The first kappa shape index (κ1) is 11.8. The van der Waals surface area contributed by atoms with Crippen LogP contribution < -0.4 is 5.32 Å². The quantitative estimate of drug-likeness (QED) is 0.732. The lowest BCUT2D eigenvalue weighted by Gasteiger charge is -2.12. The molecule has 3 heteroatoms. The normalized spacial score (nSPS) is 12.4. The van der Waals surface area contributed by atoms with E-state index in [-0.39, 0.29) is 11.9 Å². The van der Waals surface area contributed by atoms with Gasteiger partial charge in [-0.3, -0.25) is 4.79 Å². The van der Waals surface area contributed by atoms with Crippen LogP contribution >= 0.6 is 0 Å². The third-order valence-corrected chi connectivity index (χ3v) is 2.40. The van der Waals surface area contributed by atoms with Crippen LogP contribution in [-0.2, 0) is 0 Å². The summed E-state index contributed by atoms with van der Waals surface area (Å²) in [7, 11) is 0. The summed E-state index contributed by atoms with van der Waals surface area (Å²) >= 11 is 0. The van der Waals surface area contributed by atoms with E-state index >= 15 is 0 Å². The fraction of sp³-hybridized carbons (Fsp3) is 0.583. The Morgan fingerprint density at radius 2 is 2.33 bits per heavy atom. The molecule has 0 aliphatic heterocycles. The summed E-state index contributed by atoms with van der Waals surface area (Å²) in [5.41, 5.74) is 0.595. The Kier molecular flexibility index (Phi) is 4.95. The molecule has 1 atom stereocenters. The third kappa shape index (κ3) is 4.19. The van der Waals surface area contributed by atoms with Crippen LogP contribution in [0.25, 0.3) is 0 Å². The fourth-order valence-corrected chi connectivity index (χ4v) is 1.47. The topological polar surface area (TPSA) is 42.2 Å². The molecular formula is C12H19NO2. The SMILES string of the molecule is CCCCCC(C)NC(=O)c1ccoc1. The molecule has 84 valence electrons. The molecule has 0 aromatic carbocycles. The van der Waals surface area contributed by atoms with Crippen LogP contribution in [0.4, 0.5) is 0 Å². The zero-order chi connectivity index (χ0) is 11.1. The van der Waals surface area contributed by atoms with Gasteiger partial charge in [0.05, 0.1) is 11.8 Å². The minimum Gasteiger partial charge on any atom is -0.472 e. The molecule has 1 aromatic heterocycles. The van der Waals surface area contributed by atoms with Gasteiger partial charge in [0, 0.05) is 6.04 Å². The minimum atomic E-state index is -0.0484. The molecule has 0 aliphatic rings. The molecule has 1 aromatic rings. The van der Waals surface area contributed by atoms with E-state index in [4.69, 9.17) is 4.42 Å². The van der Waals surface area contributed by atoms with Crippen molar-refractivity contribution in [1.29, 1.82) is 0 Å². The van der Waals surface area contributed by atoms with Gasteiger partial charge < -0.3 is 9.73 Å². The molecule has 0 fully saturated rings. The van der Waals surface area contributed by atoms with Gasteiger partial charge in [-0.15, -0.1) is 0 Å². The lowest BCUT2D eigenvalue weighted by atomic mass is 10.1. The maximum atomic E-state index is 11.6. The predicted octanol–water partition coefficient (Wildman–Crippen LogP) is 2.98. The van der Waals surface area contributed by atoms with Crippen molar-refractivity contribution in [3.8, 4) is 0 Å². The Labute approximate surface area is 90.9 Å². The van der Waals surface area contributed by atoms with Gasteiger partial charge in [0.1, 0.15) is 6.26 Å². The standard InChI is InChI=1S/C12H19NO2/c1-3-4-5-6-10(2)13-12(14)11-7-8-15-9-11/h7-10H,3-6H2,1-2H3,(H,13,14).